The van der Waals surface area contributed by atoms with Gasteiger partial charge in [0.05, 0.1) is 0 Å². The van der Waals surface area contributed by atoms with Gasteiger partial charge in [0, 0.05) is 5.88 Å². The van der Waals surface area contributed by atoms with Crippen molar-refractivity contribution in [3.8, 4) is 5.75 Å². The van der Waals surface area contributed by atoms with Gasteiger partial charge < -0.3 is 5.11 Å². The predicted molar refractivity (Wildman–Crippen MR) is 54.5 cm³/mol. The molecule has 1 nitrogen and oxygen atoms in total. The third-order valence-electron chi connectivity index (χ3n) is 2.76. The maximum atomic E-state index is 9.47. The molecule has 0 saturated heterocycles. The van der Waals surface area contributed by atoms with E-state index in [4.69, 9.17) is 11.6 Å². The van der Waals surface area contributed by atoms with Crippen LogP contribution >= 0.6 is 11.6 Å². The van der Waals surface area contributed by atoms with Crippen LogP contribution in [-0.4, -0.2) is 11.0 Å². The number of phenols is 1. The summed E-state index contributed by atoms with van der Waals surface area (Å²) in [6, 6.07) is 5.79. The van der Waals surface area contributed by atoms with Gasteiger partial charge in [-0.2, -0.15) is 0 Å². The lowest BCUT2D eigenvalue weighted by Crippen LogP contribution is -2.17. The molecule has 1 unspecified atom stereocenters. The van der Waals surface area contributed by atoms with Crippen molar-refractivity contribution < 1.29 is 5.11 Å². The number of benzene rings is 1. The second-order valence-electron chi connectivity index (χ2n) is 3.58. The maximum Gasteiger partial charge on any atom is 0.119 e. The fourth-order valence-electron chi connectivity index (χ4n) is 2.00. The van der Waals surface area contributed by atoms with Crippen LogP contribution in [0.5, 0.6) is 5.75 Å². The maximum absolute atomic E-state index is 9.47. The van der Waals surface area contributed by atoms with Crippen molar-refractivity contribution in [1.29, 1.82) is 0 Å². The van der Waals surface area contributed by atoms with E-state index in [2.05, 4.69) is 6.07 Å². The largest absolute Gasteiger partial charge is 0.508 e. The molecule has 13 heavy (non-hydrogen) atoms. The highest BCUT2D eigenvalue weighted by atomic mass is 35.5. The topological polar surface area (TPSA) is 20.2 Å². The lowest BCUT2D eigenvalue weighted by atomic mass is 9.75. The third kappa shape index (κ3) is 1.53. The molecule has 70 valence electrons. The molecule has 1 N–H and O–H groups in total. The van der Waals surface area contributed by atoms with Crippen molar-refractivity contribution in [1.82, 2.24) is 0 Å². The predicted octanol–water partition coefficient (Wildman–Crippen LogP) is 3.05. The first-order valence-corrected chi connectivity index (χ1v) is 5.23. The molecule has 2 heteroatoms. The highest BCUT2D eigenvalue weighted by Crippen LogP contribution is 2.42. The quantitative estimate of drug-likeness (QED) is 0.737. The van der Waals surface area contributed by atoms with Gasteiger partial charge >= 0.3 is 0 Å². The van der Waals surface area contributed by atoms with E-state index < -0.39 is 0 Å². The Morgan fingerprint density at radius 2 is 2.31 bits per heavy atom. The van der Waals surface area contributed by atoms with Crippen LogP contribution in [0.2, 0.25) is 0 Å². The molecule has 2 rings (SSSR count). The lowest BCUT2D eigenvalue weighted by Gasteiger charge is -2.30. The van der Waals surface area contributed by atoms with Crippen molar-refractivity contribution >= 4 is 11.6 Å². The Balaban J connectivity index is 2.08. The van der Waals surface area contributed by atoms with Crippen LogP contribution in [0, 0.1) is 0 Å². The Morgan fingerprint density at radius 3 is 3.08 bits per heavy atom. The number of phenolic OH excluding ortho intramolecular Hbond substituents is 1. The zero-order valence-corrected chi connectivity index (χ0v) is 8.22. The molecular formula is C11H13ClO. The van der Waals surface area contributed by atoms with Crippen LogP contribution in [0.3, 0.4) is 0 Å². The van der Waals surface area contributed by atoms with Crippen molar-refractivity contribution in [2.24, 2.45) is 0 Å². The molecule has 0 bridgehead atoms. The van der Waals surface area contributed by atoms with Crippen molar-refractivity contribution in [2.75, 3.05) is 5.88 Å². The second kappa shape index (κ2) is 3.59. The zero-order valence-electron chi connectivity index (χ0n) is 7.46. The summed E-state index contributed by atoms with van der Waals surface area (Å²) >= 11 is 5.64. The number of hydrogen-bond acceptors (Lipinski definition) is 1. The lowest BCUT2D eigenvalue weighted by molar-refractivity contribution is 0.444. The molecule has 1 aromatic carbocycles. The first kappa shape index (κ1) is 8.89. The average molecular weight is 197 g/mol. The van der Waals surface area contributed by atoms with E-state index in [-0.39, 0.29) is 0 Å². The van der Waals surface area contributed by atoms with Crippen LogP contribution in [0.1, 0.15) is 29.9 Å². The number of alkyl halides is 1. The summed E-state index contributed by atoms with van der Waals surface area (Å²) in [6.07, 6.45) is 3.25. The van der Waals surface area contributed by atoms with Gasteiger partial charge in [0.15, 0.2) is 0 Å². The molecule has 1 aromatic rings. The molecular weight excluding hydrogens is 184 g/mol. The Morgan fingerprint density at radius 1 is 1.46 bits per heavy atom. The molecule has 1 aliphatic rings. The van der Waals surface area contributed by atoms with E-state index in [1.165, 1.54) is 5.56 Å². The summed E-state index contributed by atoms with van der Waals surface area (Å²) in [6.45, 7) is 0. The van der Waals surface area contributed by atoms with Crippen LogP contribution in [0.4, 0.5) is 0 Å². The summed E-state index contributed by atoms with van der Waals surface area (Å²) in [5.41, 5.74) is 2.46. The number of aromatic hydroxyl groups is 1. The highest BCUT2D eigenvalue weighted by Gasteiger charge is 2.27. The molecule has 0 fully saturated rings. The van der Waals surface area contributed by atoms with E-state index in [0.29, 0.717) is 11.7 Å². The number of halogens is 1. The third-order valence-corrected chi connectivity index (χ3v) is 3.03. The minimum atomic E-state index is 0.458. The van der Waals surface area contributed by atoms with Crippen LogP contribution in [0.25, 0.3) is 0 Å². The van der Waals surface area contributed by atoms with Gasteiger partial charge in [-0.05, 0) is 42.4 Å². The van der Waals surface area contributed by atoms with Gasteiger partial charge in [-0.25, -0.2) is 0 Å². The molecule has 0 amide bonds. The Bertz CT molecular complexity index is 309. The molecule has 0 saturated carbocycles. The number of hydrogen-bond donors (Lipinski definition) is 1. The molecule has 0 aromatic heterocycles. The fraction of sp³-hybridized carbons (Fsp3) is 0.455. The fourth-order valence-corrected chi connectivity index (χ4v) is 2.16. The van der Waals surface area contributed by atoms with Gasteiger partial charge in [0.1, 0.15) is 5.75 Å². The van der Waals surface area contributed by atoms with E-state index >= 15 is 0 Å². The first-order chi connectivity index (χ1) is 6.33. The molecule has 0 spiro atoms. The van der Waals surface area contributed by atoms with Crippen LogP contribution in [-0.2, 0) is 6.42 Å². The Kier molecular flexibility index (Phi) is 2.45. The normalized spacial score (nSPS) is 19.3. The average Bonchev–Trinajstić information content (AvgIpc) is 2.09. The first-order valence-electron chi connectivity index (χ1n) is 4.69. The summed E-state index contributed by atoms with van der Waals surface area (Å²) in [5.74, 6) is 1.84. The molecule has 0 radical (unpaired) electrons. The van der Waals surface area contributed by atoms with Gasteiger partial charge in [-0.1, -0.05) is 12.1 Å². The van der Waals surface area contributed by atoms with Crippen molar-refractivity contribution in [2.45, 2.75) is 25.2 Å². The van der Waals surface area contributed by atoms with E-state index in [0.717, 1.165) is 30.7 Å². The minimum Gasteiger partial charge on any atom is -0.508 e. The highest BCUT2D eigenvalue weighted by molar-refractivity contribution is 6.17. The summed E-state index contributed by atoms with van der Waals surface area (Å²) in [5, 5.41) is 9.47. The summed E-state index contributed by atoms with van der Waals surface area (Å²) < 4.78 is 0. The molecule has 0 heterocycles. The van der Waals surface area contributed by atoms with E-state index in [1.807, 2.05) is 6.07 Å². The van der Waals surface area contributed by atoms with Gasteiger partial charge in [0.2, 0.25) is 0 Å². The monoisotopic (exact) mass is 196 g/mol. The Hall–Kier alpha value is -0.690. The van der Waals surface area contributed by atoms with Crippen molar-refractivity contribution in [3.63, 3.8) is 0 Å². The van der Waals surface area contributed by atoms with Crippen molar-refractivity contribution in [3.05, 3.63) is 29.3 Å². The van der Waals surface area contributed by atoms with Crippen LogP contribution < -0.4 is 0 Å². The SMILES string of the molecule is Oc1cccc2c1CC2CCCCl. The second-order valence-corrected chi connectivity index (χ2v) is 3.96. The number of fused-ring (bicyclic) bond motifs is 1. The van der Waals surface area contributed by atoms with Gasteiger partial charge in [-0.15, -0.1) is 11.6 Å². The summed E-state index contributed by atoms with van der Waals surface area (Å²) in [7, 11) is 0. The van der Waals surface area contributed by atoms with E-state index in [1.54, 1.807) is 6.07 Å². The van der Waals surface area contributed by atoms with Gasteiger partial charge in [-0.3, -0.25) is 0 Å². The Labute approximate surface area is 83.3 Å². The van der Waals surface area contributed by atoms with Gasteiger partial charge in [0.25, 0.3) is 0 Å². The summed E-state index contributed by atoms with van der Waals surface area (Å²) in [4.78, 5) is 0. The smallest absolute Gasteiger partial charge is 0.119 e. The molecule has 1 aliphatic carbocycles. The zero-order chi connectivity index (χ0) is 9.26. The van der Waals surface area contributed by atoms with E-state index in [9.17, 15) is 5.11 Å². The number of rotatable bonds is 3. The van der Waals surface area contributed by atoms with Crippen LogP contribution in [0.15, 0.2) is 18.2 Å². The molecule has 0 aliphatic heterocycles. The minimum absolute atomic E-state index is 0.458. The molecule has 1 atom stereocenters. The standard InChI is InChI=1S/C11H13ClO/c12-6-2-3-8-7-10-9(8)4-1-5-11(10)13/h1,4-5,8,13H,2-3,6-7H2.